The van der Waals surface area contributed by atoms with Gasteiger partial charge in [-0.1, -0.05) is 6.42 Å². The molecule has 0 aromatic carbocycles. The fourth-order valence-electron chi connectivity index (χ4n) is 5.85. The number of ketones is 3. The summed E-state index contributed by atoms with van der Waals surface area (Å²) in [4.78, 5) is 40.8. The first kappa shape index (κ1) is 33.9. The van der Waals surface area contributed by atoms with Gasteiger partial charge in [-0.05, 0) is 135 Å². The van der Waals surface area contributed by atoms with Crippen LogP contribution in [0.1, 0.15) is 122 Å². The lowest BCUT2D eigenvalue weighted by Crippen LogP contribution is -2.53. The van der Waals surface area contributed by atoms with Crippen LogP contribution in [0.25, 0.3) is 0 Å². The number of likely N-dealkylation sites (tertiary alicyclic amines) is 3. The van der Waals surface area contributed by atoms with Gasteiger partial charge in [0.15, 0.2) is 0 Å². The molecule has 0 aromatic rings. The summed E-state index contributed by atoms with van der Waals surface area (Å²) < 4.78 is 0. The summed E-state index contributed by atoms with van der Waals surface area (Å²) in [6.07, 6.45) is 6.76. The number of nitrogens with zero attached hydrogens (tertiary/aromatic N) is 3. The molecular formula is C31H59N3O3. The molecule has 6 heteroatoms. The molecule has 0 spiro atoms. The molecule has 3 rings (SSSR count). The minimum atomic E-state index is 0.136. The average Bonchev–Trinajstić information content (AvgIpc) is 3.44. The molecule has 3 aliphatic heterocycles. The molecule has 3 aliphatic rings. The first-order valence-corrected chi connectivity index (χ1v) is 14.6. The van der Waals surface area contributed by atoms with Crippen LogP contribution < -0.4 is 0 Å². The van der Waals surface area contributed by atoms with Crippen LogP contribution in [0.15, 0.2) is 0 Å². The van der Waals surface area contributed by atoms with Gasteiger partial charge >= 0.3 is 0 Å². The Morgan fingerprint density at radius 1 is 0.541 bits per heavy atom. The van der Waals surface area contributed by atoms with Crippen LogP contribution in [0.3, 0.4) is 0 Å². The van der Waals surface area contributed by atoms with Crippen molar-refractivity contribution in [3.63, 3.8) is 0 Å². The largest absolute Gasteiger partial charge is 0.300 e. The molecule has 3 atom stereocenters. The summed E-state index contributed by atoms with van der Waals surface area (Å²) in [5, 5.41) is 0. The quantitative estimate of drug-likeness (QED) is 0.470. The number of carbonyl (C=O) groups is 3. The lowest BCUT2D eigenvalue weighted by atomic mass is 9.93. The number of Topliss-reactive ketones (excluding diaryl/α,β-unsaturated/α-hetero) is 3. The SMILES string of the molecule is CC(=O)C1CCCCN1C(C)(C)C.CC(=O)C1CCCN1C(C)(C)C.CC(=O)C1CCN(C(C)(C)C)C1. The highest BCUT2D eigenvalue weighted by Gasteiger charge is 2.35. The Hall–Kier alpha value is -1.11. The molecular weight excluding hydrogens is 462 g/mol. The van der Waals surface area contributed by atoms with E-state index in [4.69, 9.17) is 0 Å². The van der Waals surface area contributed by atoms with E-state index in [-0.39, 0.29) is 28.7 Å². The summed E-state index contributed by atoms with van der Waals surface area (Å²) in [6.45, 7) is 29.0. The van der Waals surface area contributed by atoms with Crippen molar-refractivity contribution in [2.45, 2.75) is 150 Å². The number of piperidine rings is 1. The summed E-state index contributed by atoms with van der Waals surface area (Å²) in [7, 11) is 0. The molecule has 3 fully saturated rings. The van der Waals surface area contributed by atoms with Gasteiger partial charge in [0.2, 0.25) is 0 Å². The van der Waals surface area contributed by atoms with E-state index in [0.29, 0.717) is 23.3 Å². The average molecular weight is 522 g/mol. The van der Waals surface area contributed by atoms with Crippen molar-refractivity contribution in [3.8, 4) is 0 Å². The monoisotopic (exact) mass is 521 g/mol. The van der Waals surface area contributed by atoms with E-state index in [9.17, 15) is 14.4 Å². The Morgan fingerprint density at radius 2 is 0.973 bits per heavy atom. The summed E-state index contributed by atoms with van der Waals surface area (Å²) in [5.74, 6) is 1.29. The smallest absolute Gasteiger partial charge is 0.146 e. The predicted molar refractivity (Wildman–Crippen MR) is 155 cm³/mol. The Bertz CT molecular complexity index is 757. The Kier molecular flexibility index (Phi) is 12.6. The molecule has 3 heterocycles. The minimum Gasteiger partial charge on any atom is -0.300 e. The molecule has 0 bridgehead atoms. The van der Waals surface area contributed by atoms with Gasteiger partial charge in [-0.15, -0.1) is 0 Å². The van der Waals surface area contributed by atoms with Crippen molar-refractivity contribution in [2.75, 3.05) is 26.2 Å². The molecule has 216 valence electrons. The van der Waals surface area contributed by atoms with Gasteiger partial charge in [-0.3, -0.25) is 29.1 Å². The van der Waals surface area contributed by atoms with Crippen LogP contribution in [0.4, 0.5) is 0 Å². The van der Waals surface area contributed by atoms with Crippen LogP contribution >= 0.6 is 0 Å². The lowest BCUT2D eigenvalue weighted by Gasteiger charge is -2.43. The van der Waals surface area contributed by atoms with Crippen molar-refractivity contribution >= 4 is 17.3 Å². The number of hydrogen-bond acceptors (Lipinski definition) is 6. The van der Waals surface area contributed by atoms with E-state index >= 15 is 0 Å². The second-order valence-corrected chi connectivity index (χ2v) is 14.3. The number of hydrogen-bond donors (Lipinski definition) is 0. The van der Waals surface area contributed by atoms with E-state index in [1.807, 2.05) is 0 Å². The van der Waals surface area contributed by atoms with Gasteiger partial charge < -0.3 is 0 Å². The zero-order valence-corrected chi connectivity index (χ0v) is 26.4. The Morgan fingerprint density at radius 3 is 1.27 bits per heavy atom. The highest BCUT2D eigenvalue weighted by Crippen LogP contribution is 2.27. The fourth-order valence-corrected chi connectivity index (χ4v) is 5.85. The van der Waals surface area contributed by atoms with Gasteiger partial charge in [0.1, 0.15) is 17.3 Å². The molecule has 0 aliphatic carbocycles. The van der Waals surface area contributed by atoms with E-state index in [2.05, 4.69) is 77.0 Å². The van der Waals surface area contributed by atoms with Crippen molar-refractivity contribution in [1.29, 1.82) is 0 Å². The number of carbonyl (C=O) groups excluding carboxylic acids is 3. The summed E-state index contributed by atoms with van der Waals surface area (Å²) >= 11 is 0. The van der Waals surface area contributed by atoms with Crippen LogP contribution in [0, 0.1) is 5.92 Å². The molecule has 0 amide bonds. The van der Waals surface area contributed by atoms with Crippen LogP contribution in [0.5, 0.6) is 0 Å². The van der Waals surface area contributed by atoms with Gasteiger partial charge in [0.25, 0.3) is 0 Å². The van der Waals surface area contributed by atoms with Crippen LogP contribution in [-0.4, -0.2) is 86.9 Å². The Labute approximate surface area is 228 Å². The van der Waals surface area contributed by atoms with Crippen molar-refractivity contribution < 1.29 is 14.4 Å². The van der Waals surface area contributed by atoms with E-state index in [0.717, 1.165) is 45.4 Å². The van der Waals surface area contributed by atoms with E-state index < -0.39 is 0 Å². The first-order valence-electron chi connectivity index (χ1n) is 14.6. The van der Waals surface area contributed by atoms with E-state index in [1.54, 1.807) is 20.8 Å². The maximum absolute atomic E-state index is 11.4. The van der Waals surface area contributed by atoms with Gasteiger partial charge in [0, 0.05) is 29.1 Å². The maximum atomic E-state index is 11.4. The molecule has 37 heavy (non-hydrogen) atoms. The highest BCUT2D eigenvalue weighted by atomic mass is 16.1. The third-order valence-electron chi connectivity index (χ3n) is 8.13. The van der Waals surface area contributed by atoms with Crippen LogP contribution in [-0.2, 0) is 14.4 Å². The maximum Gasteiger partial charge on any atom is 0.146 e. The van der Waals surface area contributed by atoms with Crippen LogP contribution in [0.2, 0.25) is 0 Å². The zero-order valence-electron chi connectivity index (χ0n) is 26.4. The standard InChI is InChI=1S/C11H21NO.2C10H19NO/c1-9(13)10-7-5-6-8-12(10)11(2,3)4;1-8(12)9-5-6-11(7-9)10(2,3)4;1-8(12)9-6-5-7-11(9)10(2,3)4/h10H,5-8H2,1-4H3;2*9H,5-7H2,1-4H3. The number of rotatable bonds is 3. The molecule has 3 unspecified atom stereocenters. The van der Waals surface area contributed by atoms with Crippen molar-refractivity contribution in [2.24, 2.45) is 5.92 Å². The van der Waals surface area contributed by atoms with Crippen molar-refractivity contribution in [3.05, 3.63) is 0 Å². The third kappa shape index (κ3) is 10.9. The minimum absolute atomic E-state index is 0.136. The van der Waals surface area contributed by atoms with E-state index in [1.165, 1.54) is 19.3 Å². The van der Waals surface area contributed by atoms with Gasteiger partial charge in [0.05, 0.1) is 12.1 Å². The van der Waals surface area contributed by atoms with Crippen molar-refractivity contribution in [1.82, 2.24) is 14.7 Å². The van der Waals surface area contributed by atoms with Gasteiger partial charge in [-0.25, -0.2) is 0 Å². The highest BCUT2D eigenvalue weighted by molar-refractivity contribution is 5.82. The Balaban J connectivity index is 0.000000278. The second kappa shape index (κ2) is 13.8. The topological polar surface area (TPSA) is 60.9 Å². The predicted octanol–water partition coefficient (Wildman–Crippen LogP) is 5.76. The molecule has 0 radical (unpaired) electrons. The third-order valence-corrected chi connectivity index (χ3v) is 8.13. The second-order valence-electron chi connectivity index (χ2n) is 14.3. The lowest BCUT2D eigenvalue weighted by molar-refractivity contribution is -0.126. The normalized spacial score (nSPS) is 26.1. The van der Waals surface area contributed by atoms with Gasteiger partial charge in [-0.2, -0.15) is 0 Å². The molecule has 6 nitrogen and oxygen atoms in total. The molecule has 3 saturated heterocycles. The molecule has 0 saturated carbocycles. The fraction of sp³-hybridized carbons (Fsp3) is 0.903. The zero-order chi connectivity index (χ0) is 28.8. The molecule has 0 aromatic heterocycles. The first-order chi connectivity index (χ1) is 16.8. The molecule has 0 N–H and O–H groups in total. The summed E-state index contributed by atoms with van der Waals surface area (Å²) in [5.41, 5.74) is 0.508. The summed E-state index contributed by atoms with van der Waals surface area (Å²) in [6, 6.07) is 0.360.